The molecule has 1 aromatic rings. The summed E-state index contributed by atoms with van der Waals surface area (Å²) in [7, 11) is -4.31. The average Bonchev–Trinajstić information content (AvgIpc) is 2.06. The van der Waals surface area contributed by atoms with Crippen molar-refractivity contribution in [2.24, 2.45) is 5.14 Å². The van der Waals surface area contributed by atoms with Gasteiger partial charge in [0.15, 0.2) is 5.82 Å². The van der Waals surface area contributed by atoms with Crippen molar-refractivity contribution >= 4 is 26.0 Å². The Hall–Kier alpha value is -0.670. The standard InChI is InChI=1S/C6H4BrF3N2O2S/c7-3-4(8)2(15(11,13)14)1-12-5(3)6(9)10/h1,6H,(H2,11,13,14). The van der Waals surface area contributed by atoms with Gasteiger partial charge in [-0.15, -0.1) is 0 Å². The first-order valence-electron chi connectivity index (χ1n) is 3.40. The highest BCUT2D eigenvalue weighted by Crippen LogP contribution is 2.30. The Bertz CT molecular complexity index is 491. The van der Waals surface area contributed by atoms with E-state index in [2.05, 4.69) is 26.1 Å². The second-order valence-corrected chi connectivity index (χ2v) is 4.80. The zero-order valence-electron chi connectivity index (χ0n) is 6.92. The first-order valence-corrected chi connectivity index (χ1v) is 5.74. The molecule has 1 heterocycles. The van der Waals surface area contributed by atoms with E-state index in [9.17, 15) is 21.6 Å². The molecule has 0 unspecified atom stereocenters. The summed E-state index contributed by atoms with van der Waals surface area (Å²) < 4.78 is 58.5. The molecule has 0 bridgehead atoms. The number of rotatable bonds is 2. The fourth-order valence-electron chi connectivity index (χ4n) is 0.813. The summed E-state index contributed by atoms with van der Waals surface area (Å²) in [4.78, 5) is 2.18. The van der Waals surface area contributed by atoms with Crippen LogP contribution in [0.3, 0.4) is 0 Å². The fraction of sp³-hybridized carbons (Fsp3) is 0.167. The Morgan fingerprint density at radius 3 is 2.40 bits per heavy atom. The minimum atomic E-state index is -4.31. The molecule has 0 atom stereocenters. The summed E-state index contributed by atoms with van der Waals surface area (Å²) in [6.45, 7) is 0. The van der Waals surface area contributed by atoms with Crippen LogP contribution in [0.15, 0.2) is 15.6 Å². The summed E-state index contributed by atoms with van der Waals surface area (Å²) in [5.41, 5.74) is -0.875. The summed E-state index contributed by atoms with van der Waals surface area (Å²) >= 11 is 2.49. The first kappa shape index (κ1) is 12.4. The smallest absolute Gasteiger partial charge is 0.252 e. The van der Waals surface area contributed by atoms with Crippen molar-refractivity contribution < 1.29 is 21.6 Å². The number of nitrogens with zero attached hydrogens (tertiary/aromatic N) is 1. The third kappa shape index (κ3) is 2.47. The molecule has 0 aliphatic heterocycles. The minimum absolute atomic E-state index is 0.455. The molecule has 15 heavy (non-hydrogen) atoms. The van der Waals surface area contributed by atoms with E-state index >= 15 is 0 Å². The van der Waals surface area contributed by atoms with Crippen LogP contribution in [0.4, 0.5) is 13.2 Å². The van der Waals surface area contributed by atoms with E-state index in [1.807, 2.05) is 0 Å². The number of aromatic nitrogens is 1. The molecule has 4 nitrogen and oxygen atoms in total. The van der Waals surface area contributed by atoms with E-state index < -0.39 is 37.3 Å². The van der Waals surface area contributed by atoms with Crippen LogP contribution < -0.4 is 5.14 Å². The molecule has 0 saturated carbocycles. The van der Waals surface area contributed by atoms with Crippen molar-refractivity contribution in [2.45, 2.75) is 11.3 Å². The van der Waals surface area contributed by atoms with Gasteiger partial charge in [0.2, 0.25) is 10.0 Å². The molecular formula is C6H4BrF3N2O2S. The van der Waals surface area contributed by atoms with Gasteiger partial charge in [0.05, 0.1) is 10.7 Å². The first-order chi connectivity index (χ1) is 6.75. The molecule has 2 N–H and O–H groups in total. The van der Waals surface area contributed by atoms with Gasteiger partial charge in [0.1, 0.15) is 10.6 Å². The third-order valence-electron chi connectivity index (χ3n) is 1.47. The van der Waals surface area contributed by atoms with Crippen molar-refractivity contribution in [3.05, 3.63) is 22.2 Å². The maximum Gasteiger partial charge on any atom is 0.281 e. The van der Waals surface area contributed by atoms with E-state index in [4.69, 9.17) is 0 Å². The molecule has 0 radical (unpaired) electrons. The molecule has 9 heteroatoms. The van der Waals surface area contributed by atoms with Gasteiger partial charge >= 0.3 is 0 Å². The lowest BCUT2D eigenvalue weighted by Crippen LogP contribution is -2.15. The summed E-state index contributed by atoms with van der Waals surface area (Å²) in [6, 6.07) is 0. The molecule has 1 aromatic heterocycles. The Morgan fingerprint density at radius 1 is 1.47 bits per heavy atom. The number of hydrogen-bond acceptors (Lipinski definition) is 3. The van der Waals surface area contributed by atoms with Gasteiger partial charge in [-0.05, 0) is 15.9 Å². The second-order valence-electron chi connectivity index (χ2n) is 2.48. The van der Waals surface area contributed by atoms with Crippen molar-refractivity contribution in [1.82, 2.24) is 4.98 Å². The zero-order chi connectivity index (χ0) is 11.8. The summed E-state index contributed by atoms with van der Waals surface area (Å²) in [5.74, 6) is -1.37. The molecule has 0 aliphatic rings. The molecule has 0 aromatic carbocycles. The Balaban J connectivity index is 3.48. The van der Waals surface area contributed by atoms with E-state index in [0.29, 0.717) is 6.20 Å². The highest BCUT2D eigenvalue weighted by atomic mass is 79.9. The molecular weight excluding hydrogens is 301 g/mol. The number of alkyl halides is 2. The molecule has 0 aliphatic carbocycles. The third-order valence-corrected chi connectivity index (χ3v) is 3.12. The topological polar surface area (TPSA) is 73.1 Å². The second kappa shape index (κ2) is 4.06. The van der Waals surface area contributed by atoms with Gasteiger partial charge in [-0.25, -0.2) is 26.7 Å². The van der Waals surface area contributed by atoms with Gasteiger partial charge in [-0.3, -0.25) is 4.98 Å². The Kier molecular flexibility index (Phi) is 3.36. The van der Waals surface area contributed by atoms with Crippen molar-refractivity contribution in [3.63, 3.8) is 0 Å². The van der Waals surface area contributed by atoms with E-state index in [1.54, 1.807) is 0 Å². The Morgan fingerprint density at radius 2 is 2.00 bits per heavy atom. The number of primary sulfonamides is 1. The Labute approximate surface area is 91.5 Å². The van der Waals surface area contributed by atoms with Crippen LogP contribution in [0.1, 0.15) is 12.1 Å². The van der Waals surface area contributed by atoms with Crippen molar-refractivity contribution in [2.75, 3.05) is 0 Å². The number of sulfonamides is 1. The van der Waals surface area contributed by atoms with Crippen LogP contribution in [0.5, 0.6) is 0 Å². The molecule has 0 saturated heterocycles. The normalized spacial score (nSPS) is 12.1. The fourth-order valence-corrected chi connectivity index (χ4v) is 1.98. The highest BCUT2D eigenvalue weighted by Gasteiger charge is 2.23. The number of hydrogen-bond donors (Lipinski definition) is 1. The van der Waals surface area contributed by atoms with Gasteiger partial charge < -0.3 is 0 Å². The molecule has 0 spiro atoms. The van der Waals surface area contributed by atoms with Crippen LogP contribution in [0.2, 0.25) is 0 Å². The predicted molar refractivity (Wildman–Crippen MR) is 48.2 cm³/mol. The van der Waals surface area contributed by atoms with Crippen molar-refractivity contribution in [3.8, 4) is 0 Å². The predicted octanol–water partition coefficient (Wildman–Crippen LogP) is 1.57. The van der Waals surface area contributed by atoms with Crippen molar-refractivity contribution in [1.29, 1.82) is 0 Å². The molecule has 0 fully saturated rings. The van der Waals surface area contributed by atoms with Gasteiger partial charge in [0, 0.05) is 0 Å². The maximum atomic E-state index is 13.2. The van der Waals surface area contributed by atoms with Gasteiger partial charge in [-0.1, -0.05) is 0 Å². The van der Waals surface area contributed by atoms with Crippen LogP contribution in [0, 0.1) is 5.82 Å². The van der Waals surface area contributed by atoms with E-state index in [0.717, 1.165) is 0 Å². The van der Waals surface area contributed by atoms with E-state index in [-0.39, 0.29) is 0 Å². The number of halogens is 4. The van der Waals surface area contributed by atoms with Crippen LogP contribution in [0.25, 0.3) is 0 Å². The maximum absolute atomic E-state index is 13.2. The van der Waals surface area contributed by atoms with Crippen LogP contribution in [-0.4, -0.2) is 13.4 Å². The highest BCUT2D eigenvalue weighted by molar-refractivity contribution is 9.10. The van der Waals surface area contributed by atoms with Gasteiger partial charge in [-0.2, -0.15) is 0 Å². The summed E-state index contributed by atoms with van der Waals surface area (Å²) in [6.07, 6.45) is -2.56. The molecule has 0 amide bonds. The van der Waals surface area contributed by atoms with Gasteiger partial charge in [0.25, 0.3) is 6.43 Å². The summed E-state index contributed by atoms with van der Waals surface area (Å²) in [5, 5.41) is 4.64. The lowest BCUT2D eigenvalue weighted by molar-refractivity contribution is 0.144. The lowest BCUT2D eigenvalue weighted by Gasteiger charge is -2.06. The quantitative estimate of drug-likeness (QED) is 0.901. The monoisotopic (exact) mass is 304 g/mol. The minimum Gasteiger partial charge on any atom is -0.252 e. The number of pyridine rings is 1. The average molecular weight is 305 g/mol. The number of nitrogens with two attached hydrogens (primary N) is 1. The largest absolute Gasteiger partial charge is 0.281 e. The molecule has 84 valence electrons. The van der Waals surface area contributed by atoms with Crippen LogP contribution in [-0.2, 0) is 10.0 Å². The van der Waals surface area contributed by atoms with E-state index in [1.165, 1.54) is 0 Å². The SMILES string of the molecule is NS(=O)(=O)c1cnc(C(F)F)c(Br)c1F. The zero-order valence-corrected chi connectivity index (χ0v) is 9.32. The van der Waals surface area contributed by atoms with Crippen LogP contribution >= 0.6 is 15.9 Å². The molecule has 1 rings (SSSR count). The lowest BCUT2D eigenvalue weighted by atomic mass is 10.3.